The summed E-state index contributed by atoms with van der Waals surface area (Å²) in [5.41, 5.74) is 5.65. The quantitative estimate of drug-likeness (QED) is 0.262. The predicted octanol–water partition coefficient (Wildman–Crippen LogP) is 5.69. The average molecular weight is 350 g/mol. The smallest absolute Gasteiger partial charge is 0.0981 e. The van der Waals surface area contributed by atoms with Gasteiger partial charge in [0, 0.05) is 25.5 Å². The second-order valence-corrected chi connectivity index (χ2v) is 7.41. The van der Waals surface area contributed by atoms with Crippen molar-refractivity contribution in [1.82, 2.24) is 10.2 Å². The van der Waals surface area contributed by atoms with Gasteiger partial charge in [0.25, 0.3) is 0 Å². The molecule has 1 unspecified atom stereocenters. The minimum absolute atomic E-state index is 0.488. The Balaban J connectivity index is 1.76. The maximum Gasteiger partial charge on any atom is 0.0981 e. The van der Waals surface area contributed by atoms with E-state index in [2.05, 4.69) is 41.7 Å². The molecular formula is C22H43N3. The molecule has 25 heavy (non-hydrogen) atoms. The zero-order valence-electron chi connectivity index (χ0n) is 16.7. The topological polar surface area (TPSA) is 41.3 Å². The molecule has 3 nitrogen and oxygen atoms in total. The van der Waals surface area contributed by atoms with Crippen molar-refractivity contribution in [2.24, 2.45) is 5.73 Å². The number of hydrogen-bond acceptors (Lipinski definition) is 3. The molecule has 0 bridgehead atoms. The Kier molecular flexibility index (Phi) is 14.6. The summed E-state index contributed by atoms with van der Waals surface area (Å²) in [5, 5.41) is 3.43. The number of nitrogens with one attached hydrogen (secondary N) is 1. The summed E-state index contributed by atoms with van der Waals surface area (Å²) in [6.45, 7) is 3.81. The molecule has 0 aromatic heterocycles. The van der Waals surface area contributed by atoms with Crippen molar-refractivity contribution in [1.29, 1.82) is 0 Å². The van der Waals surface area contributed by atoms with Crippen molar-refractivity contribution < 1.29 is 0 Å². The molecule has 0 aliphatic carbocycles. The lowest BCUT2D eigenvalue weighted by atomic mass is 10.0. The molecule has 0 fully saturated rings. The maximum absolute atomic E-state index is 5.65. The van der Waals surface area contributed by atoms with Gasteiger partial charge >= 0.3 is 0 Å². The molecule has 1 heterocycles. The van der Waals surface area contributed by atoms with Crippen LogP contribution in [0.1, 0.15) is 96.8 Å². The van der Waals surface area contributed by atoms with Gasteiger partial charge in [0.05, 0.1) is 6.17 Å². The molecule has 0 saturated carbocycles. The van der Waals surface area contributed by atoms with Crippen molar-refractivity contribution in [3.63, 3.8) is 0 Å². The summed E-state index contributed by atoms with van der Waals surface area (Å²) >= 11 is 0. The first-order valence-electron chi connectivity index (χ1n) is 10.9. The van der Waals surface area contributed by atoms with Gasteiger partial charge in [-0.3, -0.25) is 0 Å². The Hall–Kier alpha value is -0.960. The van der Waals surface area contributed by atoms with Gasteiger partial charge in [-0.1, -0.05) is 76.4 Å². The Bertz CT molecular complexity index is 338. The van der Waals surface area contributed by atoms with E-state index in [9.17, 15) is 0 Å². The molecule has 0 spiro atoms. The van der Waals surface area contributed by atoms with Crippen LogP contribution in [0.3, 0.4) is 0 Å². The SMILES string of the molecule is C/C=C/CCCCCCCCCCCCCCC1NC=CN1CCN. The van der Waals surface area contributed by atoms with Crippen LogP contribution in [0, 0.1) is 0 Å². The number of allylic oxidation sites excluding steroid dienone is 2. The highest BCUT2D eigenvalue weighted by Gasteiger charge is 2.16. The highest BCUT2D eigenvalue weighted by molar-refractivity contribution is 4.94. The molecule has 1 aliphatic rings. The lowest BCUT2D eigenvalue weighted by Crippen LogP contribution is -2.37. The maximum atomic E-state index is 5.65. The fourth-order valence-electron chi connectivity index (χ4n) is 3.61. The zero-order chi connectivity index (χ0) is 18.0. The molecule has 0 aromatic rings. The van der Waals surface area contributed by atoms with Crippen LogP contribution in [-0.4, -0.2) is 24.2 Å². The summed E-state index contributed by atoms with van der Waals surface area (Å²) in [6, 6.07) is 0. The number of nitrogens with two attached hydrogens (primary N) is 1. The Morgan fingerprint density at radius 3 is 2.00 bits per heavy atom. The largest absolute Gasteiger partial charge is 0.370 e. The lowest BCUT2D eigenvalue weighted by molar-refractivity contribution is 0.264. The van der Waals surface area contributed by atoms with E-state index in [1.807, 2.05) is 0 Å². The van der Waals surface area contributed by atoms with E-state index in [-0.39, 0.29) is 0 Å². The highest BCUT2D eigenvalue weighted by Crippen LogP contribution is 2.15. The Labute approximate surface area is 157 Å². The van der Waals surface area contributed by atoms with Crippen molar-refractivity contribution >= 4 is 0 Å². The van der Waals surface area contributed by atoms with Crippen LogP contribution in [-0.2, 0) is 0 Å². The molecule has 3 heteroatoms. The molecule has 3 N–H and O–H groups in total. The summed E-state index contributed by atoms with van der Waals surface area (Å²) in [7, 11) is 0. The number of nitrogens with zero attached hydrogens (tertiary/aromatic N) is 1. The predicted molar refractivity (Wildman–Crippen MR) is 111 cm³/mol. The van der Waals surface area contributed by atoms with Crippen LogP contribution in [0.2, 0.25) is 0 Å². The molecular weight excluding hydrogens is 306 g/mol. The molecule has 0 saturated heterocycles. The third kappa shape index (κ3) is 12.1. The van der Waals surface area contributed by atoms with E-state index in [1.54, 1.807) is 0 Å². The van der Waals surface area contributed by atoms with Gasteiger partial charge in [0.1, 0.15) is 0 Å². The van der Waals surface area contributed by atoms with E-state index in [4.69, 9.17) is 5.73 Å². The number of hydrogen-bond donors (Lipinski definition) is 2. The fourth-order valence-corrected chi connectivity index (χ4v) is 3.61. The minimum atomic E-state index is 0.488. The molecule has 0 aromatic carbocycles. The van der Waals surface area contributed by atoms with Crippen LogP contribution in [0.15, 0.2) is 24.6 Å². The fraction of sp³-hybridized carbons (Fsp3) is 0.818. The van der Waals surface area contributed by atoms with Crippen molar-refractivity contribution in [3.8, 4) is 0 Å². The number of unbranched alkanes of at least 4 members (excludes halogenated alkanes) is 12. The minimum Gasteiger partial charge on any atom is -0.370 e. The molecule has 1 rings (SSSR count). The monoisotopic (exact) mass is 349 g/mol. The summed E-state index contributed by atoms with van der Waals surface area (Å²) in [5.74, 6) is 0. The van der Waals surface area contributed by atoms with Gasteiger partial charge in [-0.25, -0.2) is 0 Å². The summed E-state index contributed by atoms with van der Waals surface area (Å²) < 4.78 is 0. The second-order valence-electron chi connectivity index (χ2n) is 7.41. The summed E-state index contributed by atoms with van der Waals surface area (Å²) in [6.07, 6.45) is 28.6. The standard InChI is InChI=1S/C22H43N3/c1-2-3-4-5-6-7-8-9-10-11-12-13-14-15-16-17-22-24-19-21-25(22)20-18-23/h2-3,19,21-22,24H,4-18,20,23H2,1H3/b3-2+. The van der Waals surface area contributed by atoms with Gasteiger partial charge in [0.2, 0.25) is 0 Å². The third-order valence-corrected chi connectivity index (χ3v) is 5.18. The first kappa shape index (κ1) is 22.1. The average Bonchev–Trinajstić information content (AvgIpc) is 3.06. The molecule has 146 valence electrons. The van der Waals surface area contributed by atoms with Crippen LogP contribution in [0.5, 0.6) is 0 Å². The first-order valence-corrected chi connectivity index (χ1v) is 10.9. The number of rotatable bonds is 17. The van der Waals surface area contributed by atoms with Crippen molar-refractivity contribution in [2.45, 2.75) is 103 Å². The zero-order valence-corrected chi connectivity index (χ0v) is 16.7. The van der Waals surface area contributed by atoms with E-state index in [0.717, 1.165) is 13.1 Å². The molecule has 1 atom stereocenters. The van der Waals surface area contributed by atoms with E-state index in [0.29, 0.717) is 6.17 Å². The molecule has 1 aliphatic heterocycles. The van der Waals surface area contributed by atoms with Crippen LogP contribution >= 0.6 is 0 Å². The normalized spacial score (nSPS) is 16.9. The van der Waals surface area contributed by atoms with E-state index < -0.39 is 0 Å². The van der Waals surface area contributed by atoms with E-state index >= 15 is 0 Å². The van der Waals surface area contributed by atoms with Crippen LogP contribution in [0.25, 0.3) is 0 Å². The highest BCUT2D eigenvalue weighted by atomic mass is 15.3. The van der Waals surface area contributed by atoms with Gasteiger partial charge < -0.3 is 16.0 Å². The summed E-state index contributed by atoms with van der Waals surface area (Å²) in [4.78, 5) is 2.33. The third-order valence-electron chi connectivity index (χ3n) is 5.18. The van der Waals surface area contributed by atoms with Crippen molar-refractivity contribution in [2.75, 3.05) is 13.1 Å². The van der Waals surface area contributed by atoms with E-state index in [1.165, 1.54) is 89.9 Å². The van der Waals surface area contributed by atoms with Gasteiger partial charge in [-0.05, 0) is 32.6 Å². The van der Waals surface area contributed by atoms with Gasteiger partial charge in [-0.2, -0.15) is 0 Å². The van der Waals surface area contributed by atoms with Crippen LogP contribution < -0.4 is 11.1 Å². The van der Waals surface area contributed by atoms with Gasteiger partial charge in [-0.15, -0.1) is 0 Å². The second kappa shape index (κ2) is 16.5. The Morgan fingerprint density at radius 2 is 1.44 bits per heavy atom. The van der Waals surface area contributed by atoms with Gasteiger partial charge in [0.15, 0.2) is 0 Å². The Morgan fingerprint density at radius 1 is 0.880 bits per heavy atom. The molecule has 0 radical (unpaired) electrons. The lowest BCUT2D eigenvalue weighted by Gasteiger charge is -2.25. The van der Waals surface area contributed by atoms with Crippen LogP contribution in [0.4, 0.5) is 0 Å². The van der Waals surface area contributed by atoms with Crippen molar-refractivity contribution in [3.05, 3.63) is 24.6 Å². The first-order chi connectivity index (χ1) is 12.4. The molecule has 0 amide bonds.